The van der Waals surface area contributed by atoms with E-state index in [4.69, 9.17) is 46.9 Å². The Hall–Kier alpha value is -4.46. The molecule has 1 aliphatic rings. The number of aliphatic hydroxyl groups excluding tert-OH is 4. The van der Waals surface area contributed by atoms with Gasteiger partial charge in [0.2, 0.25) is 0 Å². The number of carbonyl (C=O) groups is 3. The second kappa shape index (κ2) is 46.7. The van der Waals surface area contributed by atoms with Gasteiger partial charge in [0.1, 0.15) is 11.4 Å². The normalized spacial score (nSPS) is 12.9. The van der Waals surface area contributed by atoms with E-state index in [9.17, 15) is 19.5 Å². The minimum atomic E-state index is -1.77. The minimum absolute atomic E-state index is 0. The molecule has 4 aromatic rings. The second-order valence-electron chi connectivity index (χ2n) is 32.9. The van der Waals surface area contributed by atoms with Crippen molar-refractivity contribution in [3.8, 4) is 0 Å². The number of aliphatic imine (C=N–C) groups is 1. The van der Waals surface area contributed by atoms with Crippen molar-refractivity contribution in [2.24, 2.45) is 4.99 Å². The molecule has 5 N–H and O–H groups in total. The number of hydrogen-bond donors (Lipinski definition) is 5. The Morgan fingerprint density at radius 1 is 0.476 bits per heavy atom. The van der Waals surface area contributed by atoms with E-state index in [1.54, 1.807) is 41.4 Å². The third-order valence-corrected chi connectivity index (χ3v) is 41.8. The van der Waals surface area contributed by atoms with Crippen LogP contribution in [-0.2, 0) is 75.7 Å². The van der Waals surface area contributed by atoms with E-state index in [0.717, 1.165) is 60.2 Å². The first-order valence-electron chi connectivity index (χ1n) is 36.0. The molecular weight excluding hydrogens is 1390 g/mol. The maximum atomic E-state index is 11.9. The number of aryl methyl sites for hydroxylation is 4. The van der Waals surface area contributed by atoms with Crippen LogP contribution in [0.5, 0.6) is 0 Å². The number of carbonyl (C=O) groups excluding carboxylic acids is 3. The average Bonchev–Trinajstić information content (AvgIpc) is 1.17. The highest BCUT2D eigenvalue weighted by Crippen LogP contribution is 2.40. The molecule has 0 aromatic carbocycles. The number of aromatic nitrogens is 8. The lowest BCUT2D eigenvalue weighted by Gasteiger charge is -2.36. The highest BCUT2D eigenvalue weighted by Gasteiger charge is 2.40. The van der Waals surface area contributed by atoms with Crippen LogP contribution in [0.3, 0.4) is 0 Å². The maximum absolute atomic E-state index is 11.9. The molecule has 0 fully saturated rings. The molecule has 103 heavy (non-hydrogen) atoms. The lowest BCUT2D eigenvalue weighted by atomic mass is 10.2. The Morgan fingerprint density at radius 2 is 0.796 bits per heavy atom. The van der Waals surface area contributed by atoms with Gasteiger partial charge in [0, 0.05) is 12.3 Å². The zero-order valence-corrected chi connectivity index (χ0v) is 74.9. The van der Waals surface area contributed by atoms with Gasteiger partial charge in [-0.25, -0.2) is 9.59 Å². The summed E-state index contributed by atoms with van der Waals surface area (Å²) in [6.07, 6.45) is 2.60. The maximum Gasteiger partial charge on any atom is 0.356 e. The fourth-order valence-electron chi connectivity index (χ4n) is 7.79. The Labute approximate surface area is 628 Å². The van der Waals surface area contributed by atoms with Crippen LogP contribution in [0.1, 0.15) is 187 Å². The van der Waals surface area contributed by atoms with E-state index >= 15 is 0 Å². The molecule has 29 heteroatoms. The van der Waals surface area contributed by atoms with Gasteiger partial charge in [-0.3, -0.25) is 28.5 Å². The first kappa shape index (κ1) is 103. The van der Waals surface area contributed by atoms with Gasteiger partial charge in [0.15, 0.2) is 47.9 Å². The van der Waals surface area contributed by atoms with Crippen LogP contribution in [0, 0.1) is 27.7 Å². The number of nitrogens with zero attached hydrogens (tertiary/aromatic N) is 9. The standard InChI is InChI=1S/C15H28N2O3Si.C14H29N3OSi.C13H26N2O2Si.C13H24N2O2Si.C8H11NO2.C8H20O2Si.C2H6O2.CH4/c1-8-19-14(18)13-11-12(2)16-17(13)9-10-20-21(6,7)15(3,4)5;1-12-10-13(11-15-5)17(16-12)8-9-18-19(6,7)14(2,3)4;2*1-11-9-12(10-16)15(14-11)7-8-17-18(5,6)13(2,3)4;1-3-11-8(10)7-4-6(2)9-5-7;1-8(2,3)11(4,5)10-7-6-9;3-1-2-4;/h11H,8-10H2,1-7H3;10,15H,8-9,11H2,1-7H3;9,16H,7-8,10H2,1-6H3;9-10H,7-8H2,1-6H3;4H,3,5H2,1-2H3;9H,6-7H2,1-5H3;3-4H,1-2H2;1H4. The number of rotatable bonds is 28. The van der Waals surface area contributed by atoms with Crippen molar-refractivity contribution in [1.29, 1.82) is 0 Å². The molecule has 0 saturated heterocycles. The second-order valence-corrected chi connectivity index (χ2v) is 57.0. The van der Waals surface area contributed by atoms with E-state index in [2.05, 4.69) is 211 Å². The van der Waals surface area contributed by atoms with Crippen molar-refractivity contribution >= 4 is 65.5 Å². The first-order chi connectivity index (χ1) is 46.6. The van der Waals surface area contributed by atoms with Crippen molar-refractivity contribution in [3.63, 3.8) is 0 Å². The van der Waals surface area contributed by atoms with Gasteiger partial charge in [-0.1, -0.05) is 111 Å². The molecule has 4 aromatic heterocycles. The molecule has 0 spiro atoms. The first-order valence-corrected chi connectivity index (χ1v) is 50.5. The molecule has 0 amide bonds. The van der Waals surface area contributed by atoms with E-state index in [1.165, 1.54) is 5.69 Å². The monoisotopic (exact) mass is 1540 g/mol. The lowest BCUT2D eigenvalue weighted by molar-refractivity contribution is -0.138. The highest BCUT2D eigenvalue weighted by atomic mass is 28.4. The third kappa shape index (κ3) is 38.3. The smallest absolute Gasteiger partial charge is 0.356 e. The highest BCUT2D eigenvalue weighted by molar-refractivity contribution is 6.75. The fourth-order valence-corrected chi connectivity index (χ4v) is 13.0. The van der Waals surface area contributed by atoms with Crippen molar-refractivity contribution in [3.05, 3.63) is 81.5 Å². The lowest BCUT2D eigenvalue weighted by Crippen LogP contribution is -2.41. The van der Waals surface area contributed by atoms with Gasteiger partial charge in [-0.2, -0.15) is 20.4 Å². The fraction of sp³-hybridized carbons (Fsp3) is 0.757. The van der Waals surface area contributed by atoms with Gasteiger partial charge < -0.3 is 57.3 Å². The molecule has 0 bridgehead atoms. The summed E-state index contributed by atoms with van der Waals surface area (Å²) in [4.78, 5) is 37.8. The van der Waals surface area contributed by atoms with Gasteiger partial charge >= 0.3 is 11.9 Å². The summed E-state index contributed by atoms with van der Waals surface area (Å²) >= 11 is 0. The summed E-state index contributed by atoms with van der Waals surface area (Å²) in [5, 5.41) is 54.9. The summed E-state index contributed by atoms with van der Waals surface area (Å²) in [6.45, 7) is 76.7. The number of aliphatic hydroxyl groups is 4. The summed E-state index contributed by atoms with van der Waals surface area (Å²) in [6, 6.07) is 7.58. The number of allylic oxidation sites excluding steroid dienone is 1. The van der Waals surface area contributed by atoms with E-state index in [0.29, 0.717) is 82.8 Å². The predicted molar refractivity (Wildman–Crippen MR) is 434 cm³/mol. The topological polar surface area (TPSA) is 292 Å². The minimum Gasteiger partial charge on any atom is -0.463 e. The molecule has 0 unspecified atom stereocenters. The van der Waals surface area contributed by atoms with Crippen molar-refractivity contribution in [2.45, 2.75) is 290 Å². The van der Waals surface area contributed by atoms with E-state index in [1.807, 2.05) is 52.4 Å². The largest absolute Gasteiger partial charge is 0.463 e. The predicted octanol–water partition coefficient (Wildman–Crippen LogP) is 14.6. The number of hydrogen-bond acceptors (Lipinski definition) is 20. The molecule has 5 heterocycles. The van der Waals surface area contributed by atoms with E-state index in [-0.39, 0.29) is 71.0 Å². The van der Waals surface area contributed by atoms with Crippen molar-refractivity contribution < 1.29 is 66.4 Å². The molecule has 0 saturated carbocycles. The van der Waals surface area contributed by atoms with Gasteiger partial charge in [0.25, 0.3) is 0 Å². The van der Waals surface area contributed by atoms with Crippen LogP contribution in [0.25, 0.3) is 0 Å². The average molecular weight is 1540 g/mol. The number of ether oxygens (including phenoxy) is 2. The zero-order valence-electron chi connectivity index (χ0n) is 69.9. The number of nitrogens with one attached hydrogen (secondary N) is 1. The van der Waals surface area contributed by atoms with Crippen LogP contribution in [0.4, 0.5) is 0 Å². The summed E-state index contributed by atoms with van der Waals surface area (Å²) in [5.74, 6) is -0.571. The van der Waals surface area contributed by atoms with Crippen molar-refractivity contribution in [1.82, 2.24) is 44.4 Å². The van der Waals surface area contributed by atoms with Crippen LogP contribution < -0.4 is 5.32 Å². The molecule has 0 aliphatic carbocycles. The van der Waals surface area contributed by atoms with Gasteiger partial charge in [-0.15, -0.1) is 0 Å². The van der Waals surface area contributed by atoms with Gasteiger partial charge in [-0.05, 0) is 177 Å². The Bertz CT molecular complexity index is 3120. The Kier molecular flexibility index (Phi) is 46.6. The van der Waals surface area contributed by atoms with E-state index < -0.39 is 41.6 Å². The third-order valence-electron chi connectivity index (χ3n) is 19.1. The van der Waals surface area contributed by atoms with Crippen LogP contribution in [0.15, 0.2) is 40.9 Å². The molecule has 598 valence electrons. The number of esters is 2. The number of aldehydes is 1. The zero-order chi connectivity index (χ0) is 79.7. The van der Waals surface area contributed by atoms with Crippen LogP contribution in [0.2, 0.25) is 90.7 Å². The van der Waals surface area contributed by atoms with Crippen molar-refractivity contribution in [2.75, 3.05) is 79.7 Å². The Morgan fingerprint density at radius 3 is 1.13 bits per heavy atom. The molecule has 0 radical (unpaired) electrons. The van der Waals surface area contributed by atoms with Crippen LogP contribution >= 0.6 is 0 Å². The summed E-state index contributed by atoms with van der Waals surface area (Å²) in [7, 11) is -6.43. The molecular formula is C74H148N10O14Si5. The van der Waals surface area contributed by atoms with Crippen LogP contribution in [-0.4, -0.2) is 205 Å². The summed E-state index contributed by atoms with van der Waals surface area (Å²) in [5.41, 5.74) is 8.42. The molecule has 1 aliphatic heterocycles. The SMILES string of the molecule is C.CC(C)(C)[Si](C)(C)OCCO.CCOC(=O)C1=CC(C)=NC1.CCOC(=O)c1cc(C)nn1CCO[Si](C)(C)C(C)(C)C.CNCc1cc(C)nn1CCO[Si](C)(C)C(C)(C)C.Cc1cc(C=O)n(CCO[Si](C)(C)C(C)(C)C)n1.Cc1cc(CO)n(CCO[Si](C)(C)C(C)(C)C)n1.OCCO. The quantitative estimate of drug-likeness (QED) is 0.0201. The molecule has 24 nitrogen and oxygen atoms in total. The summed E-state index contributed by atoms with van der Waals surface area (Å²) < 4.78 is 47.3. The molecule has 0 atom stereocenters. The Balaban J connectivity index is -0.00000116. The molecule has 5 rings (SSSR count). The van der Waals surface area contributed by atoms with Gasteiger partial charge in [0.05, 0.1) is 145 Å².